The smallest absolute Gasteiger partial charge is 0.256 e. The number of nitrogens with two attached hydrogens (primary N) is 1. The van der Waals surface area contributed by atoms with Crippen LogP contribution in [-0.2, 0) is 6.54 Å². The van der Waals surface area contributed by atoms with Gasteiger partial charge in [-0.1, -0.05) is 78.4 Å². The number of carbonyl (C=O) groups excluding carboxylic acids is 1. The van der Waals surface area contributed by atoms with Crippen molar-refractivity contribution in [2.75, 3.05) is 11.1 Å². The average molecular weight is 490 g/mol. The van der Waals surface area contributed by atoms with Crippen LogP contribution in [0.4, 0.5) is 16.5 Å². The van der Waals surface area contributed by atoms with Crippen LogP contribution >= 0.6 is 11.3 Å². The van der Waals surface area contributed by atoms with Crippen LogP contribution in [0.25, 0.3) is 21.3 Å². The number of benzene rings is 3. The first-order valence-corrected chi connectivity index (χ1v) is 12.2. The van der Waals surface area contributed by atoms with E-state index in [0.29, 0.717) is 33.8 Å². The van der Waals surface area contributed by atoms with Crippen LogP contribution in [0.5, 0.6) is 0 Å². The highest BCUT2D eigenvalue weighted by Gasteiger charge is 2.26. The summed E-state index contributed by atoms with van der Waals surface area (Å²) in [6.07, 6.45) is 0. The second-order valence-electron chi connectivity index (χ2n) is 8.37. The number of para-hydroxylation sites is 1. The highest BCUT2D eigenvalue weighted by atomic mass is 32.1. The number of pyridine rings is 1. The van der Waals surface area contributed by atoms with Crippen molar-refractivity contribution < 1.29 is 4.79 Å². The lowest BCUT2D eigenvalue weighted by molar-refractivity contribution is 0.0953. The average Bonchev–Trinajstić information content (AvgIpc) is 3.25. The van der Waals surface area contributed by atoms with Crippen molar-refractivity contribution >= 4 is 44.0 Å². The molecule has 0 aliphatic heterocycles. The van der Waals surface area contributed by atoms with Crippen LogP contribution in [0.2, 0.25) is 0 Å². The van der Waals surface area contributed by atoms with Crippen LogP contribution in [0, 0.1) is 18.3 Å². The van der Waals surface area contributed by atoms with Gasteiger partial charge in [0.1, 0.15) is 28.0 Å². The van der Waals surface area contributed by atoms with Gasteiger partial charge in [0.25, 0.3) is 5.91 Å². The fourth-order valence-corrected chi connectivity index (χ4v) is 5.27. The molecule has 4 N–H and O–H groups in total. The van der Waals surface area contributed by atoms with E-state index >= 15 is 0 Å². The summed E-state index contributed by atoms with van der Waals surface area (Å²) in [6.45, 7) is 2.38. The maximum absolute atomic E-state index is 13.6. The van der Waals surface area contributed by atoms with E-state index in [-0.39, 0.29) is 11.7 Å². The number of aryl methyl sites for hydroxylation is 1. The summed E-state index contributed by atoms with van der Waals surface area (Å²) in [5, 5.41) is 17.0. The SMILES string of the molecule is Cc1ccc(-c2c(C#N)c(N)nc3c(C(=O)NCc4ccccc4)c(Nc4ccccc4)sc23)cc1. The fraction of sp³-hybridized carbons (Fsp3) is 0.0690. The summed E-state index contributed by atoms with van der Waals surface area (Å²) in [5.41, 5.74) is 11.9. The largest absolute Gasteiger partial charge is 0.383 e. The van der Waals surface area contributed by atoms with E-state index in [1.807, 2.05) is 91.9 Å². The van der Waals surface area contributed by atoms with Crippen molar-refractivity contribution in [3.05, 3.63) is 107 Å². The van der Waals surface area contributed by atoms with E-state index in [1.165, 1.54) is 11.3 Å². The predicted octanol–water partition coefficient (Wildman–Crippen LogP) is 6.40. The van der Waals surface area contributed by atoms with Crippen molar-refractivity contribution in [1.29, 1.82) is 5.26 Å². The Morgan fingerprint density at radius 1 is 1.00 bits per heavy atom. The Hall–Kier alpha value is -4.67. The second-order valence-corrected chi connectivity index (χ2v) is 9.39. The summed E-state index contributed by atoms with van der Waals surface area (Å²) >= 11 is 1.39. The van der Waals surface area contributed by atoms with Crippen LogP contribution in [0.3, 0.4) is 0 Å². The van der Waals surface area contributed by atoms with E-state index in [0.717, 1.165) is 27.1 Å². The number of rotatable bonds is 6. The number of nitrogens with zero attached hydrogens (tertiary/aromatic N) is 2. The van der Waals surface area contributed by atoms with Crippen molar-refractivity contribution in [1.82, 2.24) is 10.3 Å². The van der Waals surface area contributed by atoms with Gasteiger partial charge in [-0.2, -0.15) is 5.26 Å². The molecule has 0 aliphatic carbocycles. The molecule has 176 valence electrons. The molecule has 3 aromatic carbocycles. The van der Waals surface area contributed by atoms with Crippen molar-refractivity contribution in [2.24, 2.45) is 0 Å². The Morgan fingerprint density at radius 2 is 1.67 bits per heavy atom. The summed E-state index contributed by atoms with van der Waals surface area (Å²) < 4.78 is 0.730. The molecule has 0 bridgehead atoms. The minimum Gasteiger partial charge on any atom is -0.383 e. The van der Waals surface area contributed by atoms with Gasteiger partial charge in [0.2, 0.25) is 0 Å². The molecule has 0 spiro atoms. The van der Waals surface area contributed by atoms with Crippen LogP contribution < -0.4 is 16.4 Å². The number of fused-ring (bicyclic) bond motifs is 1. The number of nitrogen functional groups attached to an aromatic ring is 1. The summed E-state index contributed by atoms with van der Waals surface area (Å²) in [6, 6.07) is 29.5. The van der Waals surface area contributed by atoms with E-state index in [4.69, 9.17) is 5.73 Å². The molecule has 2 heterocycles. The Bertz CT molecular complexity index is 1590. The molecule has 5 rings (SSSR count). The Kier molecular flexibility index (Phi) is 6.35. The molecule has 7 heteroatoms. The van der Waals surface area contributed by atoms with Crippen molar-refractivity contribution in [3.63, 3.8) is 0 Å². The molecule has 36 heavy (non-hydrogen) atoms. The zero-order valence-electron chi connectivity index (χ0n) is 19.6. The number of nitriles is 1. The van der Waals surface area contributed by atoms with Crippen molar-refractivity contribution in [2.45, 2.75) is 13.5 Å². The first-order valence-electron chi connectivity index (χ1n) is 11.4. The minimum atomic E-state index is -0.269. The molecular formula is C29H23N5OS. The lowest BCUT2D eigenvalue weighted by Crippen LogP contribution is -2.23. The van der Waals surface area contributed by atoms with E-state index in [9.17, 15) is 10.1 Å². The van der Waals surface area contributed by atoms with E-state index in [1.54, 1.807) is 0 Å². The number of aromatic nitrogens is 1. The molecule has 0 unspecified atom stereocenters. The summed E-state index contributed by atoms with van der Waals surface area (Å²) in [5.74, 6) is -0.170. The molecular weight excluding hydrogens is 466 g/mol. The van der Waals surface area contributed by atoms with Gasteiger partial charge < -0.3 is 16.4 Å². The fourth-order valence-electron chi connectivity index (χ4n) is 4.04. The van der Waals surface area contributed by atoms with E-state index < -0.39 is 0 Å². The maximum Gasteiger partial charge on any atom is 0.256 e. The highest BCUT2D eigenvalue weighted by molar-refractivity contribution is 7.24. The van der Waals surface area contributed by atoms with Gasteiger partial charge in [-0.3, -0.25) is 4.79 Å². The Labute approximate surface area is 213 Å². The molecule has 0 saturated carbocycles. The number of hydrogen-bond acceptors (Lipinski definition) is 6. The number of anilines is 3. The van der Waals surface area contributed by atoms with Gasteiger partial charge in [0.15, 0.2) is 0 Å². The molecule has 1 amide bonds. The van der Waals surface area contributed by atoms with Gasteiger partial charge >= 0.3 is 0 Å². The van der Waals surface area contributed by atoms with Gasteiger partial charge in [0.05, 0.1) is 10.2 Å². The first-order chi connectivity index (χ1) is 17.5. The third-order valence-electron chi connectivity index (χ3n) is 5.86. The number of hydrogen-bond donors (Lipinski definition) is 3. The second kappa shape index (κ2) is 9.90. The Balaban J connectivity index is 1.69. The van der Waals surface area contributed by atoms with Crippen LogP contribution in [0.1, 0.15) is 27.0 Å². The molecule has 2 aromatic heterocycles. The van der Waals surface area contributed by atoms with Gasteiger partial charge in [-0.05, 0) is 30.2 Å². The number of nitrogens with one attached hydrogen (secondary N) is 2. The standard InChI is InChI=1S/C29H23N5OS/c1-18-12-14-20(15-13-18)23-22(16-30)27(31)34-25-24(28(35)32-17-19-8-4-2-5-9-19)29(36-26(23)25)33-21-10-6-3-7-11-21/h2-15,33H,17H2,1H3,(H2,31,34)(H,32,35). The predicted molar refractivity (Wildman–Crippen MR) is 146 cm³/mol. The third-order valence-corrected chi connectivity index (χ3v) is 6.97. The lowest BCUT2D eigenvalue weighted by Gasteiger charge is -2.10. The molecule has 0 fully saturated rings. The topological polar surface area (TPSA) is 104 Å². The van der Waals surface area contributed by atoms with E-state index in [2.05, 4.69) is 21.7 Å². The normalized spacial score (nSPS) is 10.7. The third kappa shape index (κ3) is 4.50. The maximum atomic E-state index is 13.6. The van der Waals surface area contributed by atoms with Crippen LogP contribution in [-0.4, -0.2) is 10.9 Å². The van der Waals surface area contributed by atoms with Gasteiger partial charge in [-0.15, -0.1) is 11.3 Å². The molecule has 0 aliphatic rings. The monoisotopic (exact) mass is 489 g/mol. The lowest BCUT2D eigenvalue weighted by atomic mass is 9.99. The van der Waals surface area contributed by atoms with Crippen LogP contribution in [0.15, 0.2) is 84.9 Å². The first kappa shape index (κ1) is 23.1. The molecule has 0 radical (unpaired) electrons. The van der Waals surface area contributed by atoms with Crippen molar-refractivity contribution in [3.8, 4) is 17.2 Å². The van der Waals surface area contributed by atoms with Gasteiger partial charge in [0, 0.05) is 17.8 Å². The van der Waals surface area contributed by atoms with Gasteiger partial charge in [-0.25, -0.2) is 4.98 Å². The molecule has 0 saturated heterocycles. The molecule has 5 aromatic rings. The summed E-state index contributed by atoms with van der Waals surface area (Å²) in [4.78, 5) is 18.1. The number of amides is 1. The number of carbonyl (C=O) groups is 1. The zero-order valence-corrected chi connectivity index (χ0v) is 20.4. The minimum absolute atomic E-state index is 0.0988. The zero-order chi connectivity index (χ0) is 25.1. The molecule has 6 nitrogen and oxygen atoms in total. The Morgan fingerprint density at radius 3 is 2.33 bits per heavy atom. The number of thiophene rings is 1. The molecule has 0 atom stereocenters. The summed E-state index contributed by atoms with van der Waals surface area (Å²) in [7, 11) is 0. The highest BCUT2D eigenvalue weighted by Crippen LogP contribution is 2.44. The quantitative estimate of drug-likeness (QED) is 0.256.